The van der Waals surface area contributed by atoms with Gasteiger partial charge in [-0.3, -0.25) is 9.59 Å². The Morgan fingerprint density at radius 3 is 2.51 bits per heavy atom. The molecule has 4 aliphatic carbocycles. The number of guanidine groups is 1. The van der Waals surface area contributed by atoms with Crippen LogP contribution in [-0.4, -0.2) is 54.0 Å². The molecule has 230 valence electrons. The van der Waals surface area contributed by atoms with Gasteiger partial charge in [-0.25, -0.2) is 15.1 Å². The van der Waals surface area contributed by atoms with E-state index in [4.69, 9.17) is 15.0 Å². The summed E-state index contributed by atoms with van der Waals surface area (Å²) in [7, 11) is -0.529. The summed E-state index contributed by atoms with van der Waals surface area (Å²) >= 11 is 0. The number of ketones is 1. The van der Waals surface area contributed by atoms with Crippen LogP contribution < -0.4 is 16.5 Å². The Labute approximate surface area is 244 Å². The van der Waals surface area contributed by atoms with Crippen LogP contribution in [0.2, 0.25) is 0 Å². The van der Waals surface area contributed by atoms with Gasteiger partial charge in [0.25, 0.3) is 5.96 Å². The summed E-state index contributed by atoms with van der Waals surface area (Å²) in [6.45, 7) is 11.3. The smallest absolute Gasteiger partial charge is 0.404 e. The third kappa shape index (κ3) is 7.24. The fourth-order valence-electron chi connectivity index (χ4n) is 7.94. The number of nitrogens with two attached hydrogens (primary N) is 1. The van der Waals surface area contributed by atoms with Crippen molar-refractivity contribution < 1.29 is 23.9 Å². The normalized spacial score (nSPS) is 30.7. The monoisotopic (exact) mass is 575 g/mol. The van der Waals surface area contributed by atoms with Crippen LogP contribution in [-0.2, 0) is 18.9 Å². The van der Waals surface area contributed by atoms with E-state index in [2.05, 4.69) is 44.9 Å². The van der Waals surface area contributed by atoms with Crippen molar-refractivity contribution in [3.05, 3.63) is 10.1 Å². The van der Waals surface area contributed by atoms with Crippen LogP contribution in [0.5, 0.6) is 0 Å². The number of nitrogens with zero attached hydrogens (tertiary/aromatic N) is 2. The molecule has 5 fully saturated rings. The Balaban J connectivity index is 1.43. The summed E-state index contributed by atoms with van der Waals surface area (Å²) in [4.78, 5) is 41.6. The van der Waals surface area contributed by atoms with Gasteiger partial charge in [0.05, 0.1) is 17.6 Å². The summed E-state index contributed by atoms with van der Waals surface area (Å²) in [6, 6.07) is 0. The number of nitrogens with one attached hydrogen (secondary N) is 2. The lowest BCUT2D eigenvalue weighted by Crippen LogP contribution is -2.65. The highest BCUT2D eigenvalue weighted by Crippen LogP contribution is 2.65. The molecule has 5 rings (SSSR count). The van der Waals surface area contributed by atoms with E-state index in [9.17, 15) is 19.7 Å². The van der Waals surface area contributed by atoms with Crippen LogP contribution >= 0.6 is 0 Å². The zero-order chi connectivity index (χ0) is 29.9. The van der Waals surface area contributed by atoms with Crippen molar-refractivity contribution in [2.45, 2.75) is 123 Å². The molecule has 0 aromatic heterocycles. The predicted molar refractivity (Wildman–Crippen MR) is 157 cm³/mol. The molecule has 4 saturated carbocycles. The van der Waals surface area contributed by atoms with Gasteiger partial charge in [0, 0.05) is 24.8 Å². The largest absolute Gasteiger partial charge is 0.481 e. The minimum atomic E-state index is -0.763. The van der Waals surface area contributed by atoms with Crippen LogP contribution in [0.1, 0.15) is 105 Å². The molecule has 1 aliphatic heterocycles. The molecule has 0 unspecified atom stereocenters. The number of hydrogen-bond donors (Lipinski definition) is 3. The fourth-order valence-corrected chi connectivity index (χ4v) is 7.94. The van der Waals surface area contributed by atoms with Gasteiger partial charge in [-0.05, 0) is 75.0 Å². The summed E-state index contributed by atoms with van der Waals surface area (Å²) in [6.07, 6.45) is 8.98. The molecule has 0 spiro atoms. The van der Waals surface area contributed by atoms with E-state index in [0.29, 0.717) is 37.0 Å². The predicted octanol–water partition coefficient (Wildman–Crippen LogP) is 3.82. The van der Waals surface area contributed by atoms with E-state index in [-0.39, 0.29) is 59.6 Å². The summed E-state index contributed by atoms with van der Waals surface area (Å²) in [5.41, 5.74) is 7.23. The van der Waals surface area contributed by atoms with Gasteiger partial charge in [-0.2, -0.15) is 0 Å². The average Bonchev–Trinajstić information content (AvgIpc) is 3.26. The van der Waals surface area contributed by atoms with Crippen molar-refractivity contribution in [3.8, 4) is 0 Å². The first-order chi connectivity index (χ1) is 19.3. The maximum atomic E-state index is 13.8. The summed E-state index contributed by atoms with van der Waals surface area (Å²) < 4.78 is 13.3. The number of carbonyl (C=O) groups is 2. The van der Waals surface area contributed by atoms with Crippen molar-refractivity contribution in [1.82, 2.24) is 10.7 Å². The van der Waals surface area contributed by atoms with Gasteiger partial charge in [-0.15, -0.1) is 0 Å². The van der Waals surface area contributed by atoms with E-state index in [1.165, 1.54) is 0 Å². The van der Waals surface area contributed by atoms with Crippen molar-refractivity contribution in [1.29, 1.82) is 0 Å². The van der Waals surface area contributed by atoms with Crippen LogP contribution in [0.4, 0.5) is 0 Å². The Bertz CT molecular complexity index is 1000. The Morgan fingerprint density at radius 1 is 1.17 bits per heavy atom. The molecule has 4 N–H and O–H groups in total. The third-order valence-electron chi connectivity index (χ3n) is 10.4. The number of hydrazine groups is 1. The molecule has 1 saturated heterocycles. The molecular weight excluding hydrogens is 525 g/mol. The molecule has 11 nitrogen and oxygen atoms in total. The maximum absolute atomic E-state index is 13.8. The van der Waals surface area contributed by atoms with Gasteiger partial charge in [0.1, 0.15) is 5.78 Å². The molecule has 5 aliphatic rings. The standard InChI is InChI=1S/C29H50BN5O6/c1-18(2)14-25(30-40-24-17-21-16-23(28(21,3)4)29(24,5)41-30)33-26(37)20(12-9-13-32-27(31)34-35(38)39)15-22(36)19-10-7-6-8-11-19/h18-21,23-25H,6-17H2,1-5H3,(H,33,37)(H3,31,32,34)/t20-,21+,23+,24-,25+,29+/m1/s1. The molecule has 0 radical (unpaired) electrons. The number of nitro groups is 1. The van der Waals surface area contributed by atoms with Crippen LogP contribution in [0, 0.1) is 45.1 Å². The number of carbonyl (C=O) groups excluding carboxylic acids is 2. The second-order valence-electron chi connectivity index (χ2n) is 14.1. The minimum absolute atomic E-state index is 0.0166. The highest BCUT2D eigenvalue weighted by molar-refractivity contribution is 6.47. The van der Waals surface area contributed by atoms with Crippen molar-refractivity contribution in [2.75, 3.05) is 6.54 Å². The first-order valence-electron chi connectivity index (χ1n) is 15.7. The summed E-state index contributed by atoms with van der Waals surface area (Å²) in [5.74, 6) is 0.244. The van der Waals surface area contributed by atoms with Crippen molar-refractivity contribution in [2.24, 2.45) is 45.7 Å². The fraction of sp³-hybridized carbons (Fsp3) is 0.897. The minimum Gasteiger partial charge on any atom is -0.404 e. The van der Waals surface area contributed by atoms with Gasteiger partial charge < -0.3 is 20.4 Å². The molecule has 0 aromatic carbocycles. The molecular formula is C29H50BN5O6. The van der Waals surface area contributed by atoms with Gasteiger partial charge in [-0.1, -0.05) is 52.4 Å². The summed E-state index contributed by atoms with van der Waals surface area (Å²) in [5, 5.41) is 13.1. The van der Waals surface area contributed by atoms with E-state index < -0.39 is 18.1 Å². The van der Waals surface area contributed by atoms with Crippen LogP contribution in [0.25, 0.3) is 0 Å². The third-order valence-corrected chi connectivity index (χ3v) is 10.4. The molecule has 12 heteroatoms. The maximum Gasteiger partial charge on any atom is 0.481 e. The number of amides is 1. The molecule has 6 atom stereocenters. The lowest BCUT2D eigenvalue weighted by Gasteiger charge is -2.64. The average molecular weight is 576 g/mol. The number of Topliss-reactive ketones (excluding diaryl/α,β-unsaturated/α-hetero) is 1. The zero-order valence-corrected chi connectivity index (χ0v) is 25.5. The first-order valence-corrected chi connectivity index (χ1v) is 15.7. The van der Waals surface area contributed by atoms with Crippen molar-refractivity contribution >= 4 is 24.8 Å². The Morgan fingerprint density at radius 2 is 1.88 bits per heavy atom. The Hall–Kier alpha value is -2.21. The molecule has 1 amide bonds. The highest BCUT2D eigenvalue weighted by atomic mass is 16.7. The highest BCUT2D eigenvalue weighted by Gasteiger charge is 2.68. The molecule has 2 bridgehead atoms. The lowest BCUT2D eigenvalue weighted by molar-refractivity contribution is -0.525. The molecule has 1 heterocycles. The van der Waals surface area contributed by atoms with Gasteiger partial charge in [0.15, 0.2) is 5.03 Å². The SMILES string of the molecule is CC(C)C[C@H](NC(=O)[C@H](CCCN=C(N)N[N+](=O)[O-])CC(=O)C1CCCCC1)B1O[C@@H]2C[C@@H]3C[C@@H](C3(C)C)[C@]2(C)O1. The van der Waals surface area contributed by atoms with E-state index in [0.717, 1.165) is 44.9 Å². The number of hydrogen-bond acceptors (Lipinski definition) is 7. The van der Waals surface area contributed by atoms with Gasteiger partial charge in [0.2, 0.25) is 5.91 Å². The zero-order valence-electron chi connectivity index (χ0n) is 25.5. The van der Waals surface area contributed by atoms with E-state index in [1.807, 2.05) is 5.43 Å². The van der Waals surface area contributed by atoms with E-state index >= 15 is 0 Å². The molecule has 0 aromatic rings. The van der Waals surface area contributed by atoms with Gasteiger partial charge >= 0.3 is 7.12 Å². The van der Waals surface area contributed by atoms with E-state index in [1.54, 1.807) is 0 Å². The topological polar surface area (TPSA) is 158 Å². The quantitative estimate of drug-likeness (QED) is 0.0747. The second-order valence-corrected chi connectivity index (χ2v) is 14.1. The van der Waals surface area contributed by atoms with Crippen molar-refractivity contribution in [3.63, 3.8) is 0 Å². The van der Waals surface area contributed by atoms with Crippen LogP contribution in [0.15, 0.2) is 4.99 Å². The second kappa shape index (κ2) is 13.0. The Kier molecular flexibility index (Phi) is 10.0. The number of aliphatic imine (C=N–C) groups is 1. The van der Waals surface area contributed by atoms with Crippen LogP contribution in [0.3, 0.4) is 0 Å². The molecule has 41 heavy (non-hydrogen) atoms. The lowest BCUT2D eigenvalue weighted by atomic mass is 9.43. The first kappa shape index (κ1) is 31.7. The number of rotatable bonds is 13.